The summed E-state index contributed by atoms with van der Waals surface area (Å²) in [5.41, 5.74) is 3.23. The van der Waals surface area contributed by atoms with Gasteiger partial charge in [-0.2, -0.15) is 10.1 Å². The van der Waals surface area contributed by atoms with E-state index in [4.69, 9.17) is 4.74 Å². The van der Waals surface area contributed by atoms with E-state index in [1.165, 1.54) is 6.33 Å². The number of H-pyrrole nitrogens is 1. The number of ether oxygens (including phenoxy) is 1. The van der Waals surface area contributed by atoms with Crippen molar-refractivity contribution in [2.24, 2.45) is 0 Å². The number of nitrogens with zero attached hydrogens (tertiary/aromatic N) is 3. The Bertz CT molecular complexity index is 953. The van der Waals surface area contributed by atoms with Crippen LogP contribution in [0.25, 0.3) is 10.9 Å². The van der Waals surface area contributed by atoms with Gasteiger partial charge in [0.15, 0.2) is 0 Å². The second-order valence-electron chi connectivity index (χ2n) is 5.60. The number of anilines is 1. The van der Waals surface area contributed by atoms with Gasteiger partial charge in [-0.05, 0) is 19.9 Å². The van der Waals surface area contributed by atoms with E-state index in [9.17, 15) is 4.79 Å². The van der Waals surface area contributed by atoms with Gasteiger partial charge in [0, 0.05) is 28.4 Å². The predicted molar refractivity (Wildman–Crippen MR) is 89.4 cm³/mol. The molecule has 0 fully saturated rings. The van der Waals surface area contributed by atoms with Crippen molar-refractivity contribution in [1.82, 2.24) is 19.7 Å². The van der Waals surface area contributed by atoms with Crippen molar-refractivity contribution in [3.8, 4) is 0 Å². The van der Waals surface area contributed by atoms with Crippen LogP contribution in [-0.4, -0.2) is 32.3 Å². The summed E-state index contributed by atoms with van der Waals surface area (Å²) in [6.07, 6.45) is 3.39. The number of carbonyl (C=O) groups excluding carboxylic acids is 1. The van der Waals surface area contributed by atoms with Gasteiger partial charge in [0.2, 0.25) is 5.95 Å². The van der Waals surface area contributed by atoms with Crippen molar-refractivity contribution in [1.29, 1.82) is 0 Å². The molecule has 0 bridgehead atoms. The maximum Gasteiger partial charge on any atom is 0.338 e. The first-order chi connectivity index (χ1) is 11.7. The molecule has 122 valence electrons. The molecule has 0 saturated carbocycles. The van der Waals surface area contributed by atoms with Crippen LogP contribution in [0.2, 0.25) is 0 Å². The van der Waals surface area contributed by atoms with Gasteiger partial charge < -0.3 is 15.0 Å². The smallest absolute Gasteiger partial charge is 0.338 e. The lowest BCUT2D eigenvalue weighted by Gasteiger charge is -2.27. The zero-order valence-electron chi connectivity index (χ0n) is 13.4. The predicted octanol–water partition coefficient (Wildman–Crippen LogP) is 2.61. The van der Waals surface area contributed by atoms with Crippen LogP contribution in [0.3, 0.4) is 0 Å². The van der Waals surface area contributed by atoms with Crippen molar-refractivity contribution in [2.75, 3.05) is 11.9 Å². The number of aromatic nitrogens is 4. The molecule has 2 aromatic heterocycles. The number of rotatable bonds is 3. The van der Waals surface area contributed by atoms with Gasteiger partial charge in [-0.15, -0.1) is 0 Å². The first kappa shape index (κ1) is 14.5. The van der Waals surface area contributed by atoms with Gasteiger partial charge in [0.05, 0.1) is 12.2 Å². The Morgan fingerprint density at radius 1 is 1.38 bits per heavy atom. The van der Waals surface area contributed by atoms with Gasteiger partial charge in [0.1, 0.15) is 12.4 Å². The van der Waals surface area contributed by atoms with E-state index in [2.05, 4.69) is 20.4 Å². The Labute approximate surface area is 138 Å². The monoisotopic (exact) mass is 323 g/mol. The lowest BCUT2D eigenvalue weighted by molar-refractivity contribution is -0.139. The Hall–Kier alpha value is -3.09. The van der Waals surface area contributed by atoms with Gasteiger partial charge in [-0.1, -0.05) is 18.2 Å². The minimum Gasteiger partial charge on any atom is -0.463 e. The van der Waals surface area contributed by atoms with Gasteiger partial charge in [0.25, 0.3) is 0 Å². The lowest BCUT2D eigenvalue weighted by Crippen LogP contribution is -2.29. The zero-order chi connectivity index (χ0) is 16.7. The van der Waals surface area contributed by atoms with Crippen molar-refractivity contribution in [2.45, 2.75) is 19.9 Å². The molecule has 3 aromatic rings. The number of esters is 1. The van der Waals surface area contributed by atoms with Crippen LogP contribution in [0, 0.1) is 0 Å². The standard InChI is InChI=1S/C17H17N5O2/c1-3-24-16(23)14-10(2)21-17-19-9-20-22(17)15(14)12-8-18-13-7-5-4-6-11(12)13/h4-9,15,18H,3H2,1-2H3,(H,19,20,21)/t15-/m1/s1. The van der Waals surface area contributed by atoms with Crippen LogP contribution >= 0.6 is 0 Å². The van der Waals surface area contributed by atoms with Crippen LogP contribution in [0.1, 0.15) is 25.5 Å². The molecule has 1 aliphatic rings. The van der Waals surface area contributed by atoms with E-state index in [1.807, 2.05) is 37.4 Å². The molecule has 0 aliphatic carbocycles. The molecule has 7 heteroatoms. The highest BCUT2D eigenvalue weighted by atomic mass is 16.5. The number of benzene rings is 1. The molecular weight excluding hydrogens is 306 g/mol. The fourth-order valence-corrected chi connectivity index (χ4v) is 3.17. The molecule has 3 heterocycles. The molecule has 1 aromatic carbocycles. The summed E-state index contributed by atoms with van der Waals surface area (Å²) in [7, 11) is 0. The molecule has 1 aliphatic heterocycles. The summed E-state index contributed by atoms with van der Waals surface area (Å²) in [6, 6.07) is 7.59. The third-order valence-corrected chi connectivity index (χ3v) is 4.21. The van der Waals surface area contributed by atoms with E-state index in [-0.39, 0.29) is 12.0 Å². The number of allylic oxidation sites excluding steroid dienone is 1. The number of aromatic amines is 1. The third kappa shape index (κ3) is 2.09. The van der Waals surface area contributed by atoms with Crippen molar-refractivity contribution < 1.29 is 9.53 Å². The SMILES string of the molecule is CCOC(=O)C1=C(C)Nc2ncnn2[C@@H]1c1c[nH]c2ccccc12. The number of hydrogen-bond acceptors (Lipinski definition) is 5. The summed E-state index contributed by atoms with van der Waals surface area (Å²) >= 11 is 0. The van der Waals surface area contributed by atoms with Crippen molar-refractivity contribution in [3.63, 3.8) is 0 Å². The quantitative estimate of drug-likeness (QED) is 0.724. The Balaban J connectivity index is 1.94. The molecule has 2 N–H and O–H groups in total. The average molecular weight is 323 g/mol. The topological polar surface area (TPSA) is 84.8 Å². The van der Waals surface area contributed by atoms with Crippen molar-refractivity contribution in [3.05, 3.63) is 53.6 Å². The largest absolute Gasteiger partial charge is 0.463 e. The fourth-order valence-electron chi connectivity index (χ4n) is 3.17. The summed E-state index contributed by atoms with van der Waals surface area (Å²) in [6.45, 7) is 3.97. The number of nitrogens with one attached hydrogen (secondary N) is 2. The van der Waals surface area contributed by atoms with Crippen LogP contribution in [0.5, 0.6) is 0 Å². The maximum atomic E-state index is 12.6. The maximum absolute atomic E-state index is 12.6. The number of carbonyl (C=O) groups is 1. The highest BCUT2D eigenvalue weighted by Gasteiger charge is 2.35. The highest BCUT2D eigenvalue weighted by Crippen LogP contribution is 2.38. The molecule has 0 radical (unpaired) electrons. The third-order valence-electron chi connectivity index (χ3n) is 4.21. The minimum absolute atomic E-state index is 0.320. The van der Waals surface area contributed by atoms with Crippen LogP contribution in [0.15, 0.2) is 48.1 Å². The Morgan fingerprint density at radius 3 is 3.04 bits per heavy atom. The molecule has 1 atom stereocenters. The van der Waals surface area contributed by atoms with Crippen molar-refractivity contribution >= 4 is 22.8 Å². The summed E-state index contributed by atoms with van der Waals surface area (Å²) in [4.78, 5) is 20.1. The molecule has 24 heavy (non-hydrogen) atoms. The van der Waals surface area contributed by atoms with Gasteiger partial charge >= 0.3 is 5.97 Å². The second-order valence-corrected chi connectivity index (χ2v) is 5.60. The molecule has 0 saturated heterocycles. The molecule has 7 nitrogen and oxygen atoms in total. The number of hydrogen-bond donors (Lipinski definition) is 2. The first-order valence-corrected chi connectivity index (χ1v) is 7.81. The molecule has 0 spiro atoms. The van der Waals surface area contributed by atoms with Crippen LogP contribution in [0.4, 0.5) is 5.95 Å². The van der Waals surface area contributed by atoms with E-state index in [0.717, 1.165) is 22.2 Å². The molecule has 0 unspecified atom stereocenters. The second kappa shape index (κ2) is 5.52. The van der Waals surface area contributed by atoms with Crippen LogP contribution < -0.4 is 5.32 Å². The van der Waals surface area contributed by atoms with E-state index >= 15 is 0 Å². The Morgan fingerprint density at radius 2 is 2.21 bits per heavy atom. The highest BCUT2D eigenvalue weighted by molar-refractivity contribution is 5.94. The average Bonchev–Trinajstić information content (AvgIpc) is 3.20. The first-order valence-electron chi connectivity index (χ1n) is 7.81. The molecule has 0 amide bonds. The summed E-state index contributed by atoms with van der Waals surface area (Å²) < 4.78 is 6.99. The van der Waals surface area contributed by atoms with E-state index in [1.54, 1.807) is 11.6 Å². The minimum atomic E-state index is -0.390. The zero-order valence-corrected chi connectivity index (χ0v) is 13.4. The molecule has 4 rings (SSSR count). The summed E-state index contributed by atoms with van der Waals surface area (Å²) in [5.74, 6) is 0.259. The Kier molecular flexibility index (Phi) is 3.34. The van der Waals surface area contributed by atoms with Gasteiger partial charge in [-0.25, -0.2) is 9.48 Å². The lowest BCUT2D eigenvalue weighted by atomic mass is 9.95. The summed E-state index contributed by atoms with van der Waals surface area (Å²) in [5, 5.41) is 8.48. The number of para-hydroxylation sites is 1. The normalized spacial score (nSPS) is 16.8. The molecular formula is C17H17N5O2. The fraction of sp³-hybridized carbons (Fsp3) is 0.235. The van der Waals surface area contributed by atoms with Crippen LogP contribution in [-0.2, 0) is 9.53 Å². The van der Waals surface area contributed by atoms with E-state index in [0.29, 0.717) is 18.1 Å². The van der Waals surface area contributed by atoms with Gasteiger partial charge in [-0.3, -0.25) is 0 Å². The van der Waals surface area contributed by atoms with E-state index < -0.39 is 0 Å². The number of fused-ring (bicyclic) bond motifs is 2.